The molecule has 0 aliphatic carbocycles. The summed E-state index contributed by atoms with van der Waals surface area (Å²) in [5.74, 6) is 0.711. The predicted molar refractivity (Wildman–Crippen MR) is 121 cm³/mol. The van der Waals surface area contributed by atoms with Crippen LogP contribution < -0.4 is 0 Å². The van der Waals surface area contributed by atoms with Crippen LogP contribution in [0.1, 0.15) is 50.1 Å². The fraction of sp³-hybridized carbons (Fsp3) is 0.409. The van der Waals surface area contributed by atoms with Crippen molar-refractivity contribution in [3.05, 3.63) is 65.1 Å². The lowest BCUT2D eigenvalue weighted by atomic mass is 10.0. The molecule has 2 aromatic heterocycles. The van der Waals surface area contributed by atoms with Crippen LogP contribution >= 0.6 is 11.3 Å². The van der Waals surface area contributed by atoms with E-state index in [4.69, 9.17) is 9.26 Å². The van der Waals surface area contributed by atoms with E-state index in [9.17, 15) is 13.2 Å². The molecule has 172 valence electrons. The van der Waals surface area contributed by atoms with E-state index >= 15 is 0 Å². The van der Waals surface area contributed by atoms with Crippen molar-refractivity contribution in [1.29, 1.82) is 0 Å². The molecule has 0 radical (unpaired) electrons. The second-order valence-electron chi connectivity index (χ2n) is 7.33. The number of esters is 1. The zero-order valence-electron chi connectivity index (χ0n) is 18.3. The molecule has 0 unspecified atom stereocenters. The largest absolute Gasteiger partial charge is 0.456 e. The number of carbonyl (C=O) groups excluding carboxylic acids is 1. The van der Waals surface area contributed by atoms with E-state index in [2.05, 4.69) is 10.1 Å². The summed E-state index contributed by atoms with van der Waals surface area (Å²) in [5, 5.41) is 5.56. The molecule has 2 atom stereocenters. The summed E-state index contributed by atoms with van der Waals surface area (Å²) in [6.07, 6.45) is 1.05. The Morgan fingerprint density at radius 2 is 1.97 bits per heavy atom. The molecule has 32 heavy (non-hydrogen) atoms. The van der Waals surface area contributed by atoms with Crippen molar-refractivity contribution in [1.82, 2.24) is 14.4 Å². The Hall–Kier alpha value is -2.56. The van der Waals surface area contributed by atoms with Crippen molar-refractivity contribution < 1.29 is 22.5 Å². The van der Waals surface area contributed by atoms with E-state index in [1.54, 1.807) is 24.4 Å². The number of rotatable bonds is 11. The third kappa shape index (κ3) is 5.81. The lowest BCUT2D eigenvalue weighted by molar-refractivity contribution is -0.152. The summed E-state index contributed by atoms with van der Waals surface area (Å²) < 4.78 is 38.4. The van der Waals surface area contributed by atoms with Gasteiger partial charge in [0, 0.05) is 26.3 Å². The van der Waals surface area contributed by atoms with E-state index in [0.717, 1.165) is 16.9 Å². The lowest BCUT2D eigenvalue weighted by Gasteiger charge is -2.31. The minimum atomic E-state index is -3.70. The number of nitrogens with zero attached hydrogens (tertiary/aromatic N) is 3. The molecule has 0 saturated carbocycles. The zero-order chi connectivity index (χ0) is 23.1. The number of aryl methyl sites for hydroxylation is 2. The first kappa shape index (κ1) is 24.1. The number of ether oxygens (including phenoxy) is 1. The van der Waals surface area contributed by atoms with Crippen LogP contribution in [0.5, 0.6) is 0 Å². The Kier molecular flexibility index (Phi) is 8.16. The molecule has 8 nitrogen and oxygen atoms in total. The predicted octanol–water partition coefficient (Wildman–Crippen LogP) is 4.01. The van der Waals surface area contributed by atoms with Gasteiger partial charge in [-0.25, -0.2) is 8.42 Å². The fourth-order valence-electron chi connectivity index (χ4n) is 3.17. The molecular weight excluding hydrogens is 450 g/mol. The number of sulfonamides is 1. The Morgan fingerprint density at radius 3 is 2.59 bits per heavy atom. The van der Waals surface area contributed by atoms with E-state index in [1.807, 2.05) is 37.3 Å². The van der Waals surface area contributed by atoms with Gasteiger partial charge < -0.3 is 9.26 Å². The van der Waals surface area contributed by atoms with Gasteiger partial charge >= 0.3 is 5.97 Å². The monoisotopic (exact) mass is 477 g/mol. The third-order valence-corrected chi connectivity index (χ3v) is 8.44. The summed E-state index contributed by atoms with van der Waals surface area (Å²) in [6, 6.07) is 11.8. The van der Waals surface area contributed by atoms with Crippen molar-refractivity contribution in [2.24, 2.45) is 0 Å². The molecule has 1 aromatic carbocycles. The first-order valence-corrected chi connectivity index (χ1v) is 12.7. The van der Waals surface area contributed by atoms with Gasteiger partial charge in [0.25, 0.3) is 10.0 Å². The van der Waals surface area contributed by atoms with Crippen molar-refractivity contribution >= 4 is 27.3 Å². The average molecular weight is 478 g/mol. The molecule has 0 bridgehead atoms. The van der Waals surface area contributed by atoms with Crippen molar-refractivity contribution in [3.8, 4) is 0 Å². The number of hydrogen-bond donors (Lipinski definition) is 0. The fourth-order valence-corrected chi connectivity index (χ4v) is 5.71. The van der Waals surface area contributed by atoms with Gasteiger partial charge in [0.1, 0.15) is 10.3 Å². The molecule has 0 aliphatic rings. The van der Waals surface area contributed by atoms with Crippen LogP contribution in [0.15, 0.2) is 56.6 Å². The minimum absolute atomic E-state index is 0.154. The second kappa shape index (κ2) is 10.8. The summed E-state index contributed by atoms with van der Waals surface area (Å²) >= 11 is 1.15. The van der Waals surface area contributed by atoms with E-state index in [1.165, 1.54) is 11.4 Å². The van der Waals surface area contributed by atoms with Crippen LogP contribution in [-0.4, -0.2) is 41.9 Å². The third-order valence-electron chi connectivity index (χ3n) is 5.12. The van der Waals surface area contributed by atoms with Gasteiger partial charge in [-0.05, 0) is 30.4 Å². The molecular formula is C22H27N3O5S2. The topological polar surface area (TPSA) is 103 Å². The molecule has 0 saturated heterocycles. The van der Waals surface area contributed by atoms with Crippen LogP contribution in [0.4, 0.5) is 0 Å². The number of hydrogen-bond acceptors (Lipinski definition) is 8. The highest BCUT2D eigenvalue weighted by Gasteiger charge is 2.34. The highest BCUT2D eigenvalue weighted by atomic mass is 32.2. The average Bonchev–Trinajstić information content (AvgIpc) is 3.49. The maximum absolute atomic E-state index is 13.0. The Morgan fingerprint density at radius 1 is 1.22 bits per heavy atom. The summed E-state index contributed by atoms with van der Waals surface area (Å²) in [6.45, 7) is 3.67. The van der Waals surface area contributed by atoms with Gasteiger partial charge in [-0.1, -0.05) is 48.5 Å². The van der Waals surface area contributed by atoms with Gasteiger partial charge in [-0.3, -0.25) is 4.79 Å². The lowest BCUT2D eigenvalue weighted by Crippen LogP contribution is -2.40. The number of likely N-dealkylation sites (N-methyl/N-ethyl adjacent to an activating group) is 1. The number of aromatic nitrogens is 2. The first-order valence-electron chi connectivity index (χ1n) is 10.4. The van der Waals surface area contributed by atoms with Crippen molar-refractivity contribution in [3.63, 3.8) is 0 Å². The van der Waals surface area contributed by atoms with Crippen molar-refractivity contribution in [2.75, 3.05) is 7.05 Å². The summed E-state index contributed by atoms with van der Waals surface area (Å²) in [4.78, 5) is 16.9. The Bertz CT molecular complexity index is 1100. The molecule has 3 rings (SSSR count). The SMILES string of the molecule is CCc1noc(CCCC(=O)O[C@@H](c2ccccc2)[C@H](C)N(C)S(=O)(=O)c2cccs2)n1. The standard InChI is InChI=1S/C22H27N3O5S2/c1-4-18-23-19(30-24-18)12-8-13-20(26)29-22(17-10-6-5-7-11-17)16(2)25(3)32(27,28)21-14-9-15-31-21/h5-7,9-11,14-16,22H,4,8,12-13H2,1-3H3/t16-,22+/m0/s1. The normalized spacial score (nSPS) is 13.8. The Labute approximate surface area is 192 Å². The molecule has 0 spiro atoms. The van der Waals surface area contributed by atoms with E-state index < -0.39 is 28.1 Å². The molecule has 10 heteroatoms. The molecule has 3 aromatic rings. The number of benzene rings is 1. The zero-order valence-corrected chi connectivity index (χ0v) is 19.9. The van der Waals surface area contributed by atoms with Gasteiger partial charge in [0.2, 0.25) is 5.89 Å². The van der Waals surface area contributed by atoms with E-state index in [-0.39, 0.29) is 10.6 Å². The van der Waals surface area contributed by atoms with Crippen molar-refractivity contribution in [2.45, 2.75) is 55.9 Å². The maximum Gasteiger partial charge on any atom is 0.306 e. The molecule has 0 N–H and O–H groups in total. The van der Waals surface area contributed by atoms with Gasteiger partial charge in [-0.15, -0.1) is 11.3 Å². The first-order chi connectivity index (χ1) is 15.3. The minimum Gasteiger partial charge on any atom is -0.456 e. The quantitative estimate of drug-likeness (QED) is 0.384. The van der Waals surface area contributed by atoms with Gasteiger partial charge in [0.05, 0.1) is 6.04 Å². The Balaban J connectivity index is 1.69. The highest BCUT2D eigenvalue weighted by Crippen LogP contribution is 2.30. The van der Waals surface area contributed by atoms with Gasteiger partial charge in [0.15, 0.2) is 5.82 Å². The maximum atomic E-state index is 13.0. The van der Waals surface area contributed by atoms with Crippen LogP contribution in [0.25, 0.3) is 0 Å². The summed E-state index contributed by atoms with van der Waals surface area (Å²) in [7, 11) is -2.20. The van der Waals surface area contributed by atoms with Crippen LogP contribution in [0, 0.1) is 0 Å². The molecule has 0 amide bonds. The van der Waals surface area contributed by atoms with Crippen LogP contribution in [0.2, 0.25) is 0 Å². The number of thiophene rings is 1. The molecule has 0 aliphatic heterocycles. The van der Waals surface area contributed by atoms with Crippen LogP contribution in [-0.2, 0) is 32.4 Å². The van der Waals surface area contributed by atoms with Gasteiger partial charge in [-0.2, -0.15) is 9.29 Å². The second-order valence-corrected chi connectivity index (χ2v) is 10.5. The summed E-state index contributed by atoms with van der Waals surface area (Å²) in [5.41, 5.74) is 0.728. The van der Waals surface area contributed by atoms with E-state index in [0.29, 0.717) is 31.0 Å². The molecule has 0 fully saturated rings. The smallest absolute Gasteiger partial charge is 0.306 e. The van der Waals surface area contributed by atoms with Crippen LogP contribution in [0.3, 0.4) is 0 Å². The number of carbonyl (C=O) groups is 1. The molecule has 2 heterocycles. The highest BCUT2D eigenvalue weighted by molar-refractivity contribution is 7.91.